The lowest BCUT2D eigenvalue weighted by atomic mass is 9.91. The summed E-state index contributed by atoms with van der Waals surface area (Å²) in [6, 6.07) is 8.19. The molecule has 2 atom stereocenters. The molecule has 0 aliphatic heterocycles. The summed E-state index contributed by atoms with van der Waals surface area (Å²) in [6.45, 7) is 8.44. The highest BCUT2D eigenvalue weighted by Gasteiger charge is 2.20. The monoisotopic (exact) mass is 452 g/mol. The Balaban J connectivity index is 2.16. The van der Waals surface area contributed by atoms with Gasteiger partial charge in [0.15, 0.2) is 0 Å². The van der Waals surface area contributed by atoms with E-state index < -0.39 is 24.6 Å². The maximum atomic E-state index is 13.7. The second kappa shape index (κ2) is 10.6. The molecule has 0 amide bonds. The Morgan fingerprint density at radius 3 is 2.52 bits per heavy atom. The van der Waals surface area contributed by atoms with Gasteiger partial charge in [0.25, 0.3) is 0 Å². The molecule has 2 aromatic heterocycles. The molecular weight excluding hydrogens is 423 g/mol. The molecule has 3 rings (SSSR count). The zero-order valence-corrected chi connectivity index (χ0v) is 18.8. The molecule has 0 bridgehead atoms. The number of nitrogens with zero attached hydrogens (tertiary/aromatic N) is 2. The number of aliphatic carboxylic acids is 1. The highest BCUT2D eigenvalue weighted by atomic mass is 19.1. The SMILES string of the molecule is C=CCn1ccc2c(-c3ccc(F)cc3)c(C=CC(O)CC(O)CC(=O)O)c(C(C)C)nc21. The van der Waals surface area contributed by atoms with Gasteiger partial charge >= 0.3 is 5.97 Å². The van der Waals surface area contributed by atoms with Crippen LogP contribution in [0.15, 0.2) is 55.3 Å². The molecule has 6 nitrogen and oxygen atoms in total. The summed E-state index contributed by atoms with van der Waals surface area (Å²) in [7, 11) is 0. The molecule has 0 saturated heterocycles. The van der Waals surface area contributed by atoms with Crippen LogP contribution in [0.3, 0.4) is 0 Å². The summed E-state index contributed by atoms with van der Waals surface area (Å²) in [5.74, 6) is -1.41. The largest absolute Gasteiger partial charge is 0.481 e. The van der Waals surface area contributed by atoms with Crippen LogP contribution in [0, 0.1) is 5.82 Å². The fourth-order valence-electron chi connectivity index (χ4n) is 3.90. The number of hydrogen-bond acceptors (Lipinski definition) is 4. The molecule has 1 aromatic carbocycles. The van der Waals surface area contributed by atoms with Crippen LogP contribution in [0.2, 0.25) is 0 Å². The third kappa shape index (κ3) is 5.74. The van der Waals surface area contributed by atoms with Crippen molar-refractivity contribution in [1.29, 1.82) is 0 Å². The zero-order chi connectivity index (χ0) is 24.1. The van der Waals surface area contributed by atoms with Gasteiger partial charge < -0.3 is 19.9 Å². The van der Waals surface area contributed by atoms with Crippen LogP contribution in [0.1, 0.15) is 43.9 Å². The first kappa shape index (κ1) is 24.4. The van der Waals surface area contributed by atoms with E-state index in [9.17, 15) is 19.4 Å². The fraction of sp³-hybridized carbons (Fsp3) is 0.308. The van der Waals surface area contributed by atoms with Crippen LogP contribution in [0.4, 0.5) is 4.39 Å². The van der Waals surface area contributed by atoms with Crippen molar-refractivity contribution in [3.8, 4) is 11.1 Å². The van der Waals surface area contributed by atoms with E-state index in [0.717, 1.165) is 33.4 Å². The minimum Gasteiger partial charge on any atom is -0.481 e. The molecule has 0 spiro atoms. The Kier molecular flexibility index (Phi) is 7.79. The van der Waals surface area contributed by atoms with E-state index in [2.05, 4.69) is 6.58 Å². The number of aromatic nitrogens is 2. The number of carboxylic acid groups (broad SMARTS) is 1. The number of carbonyl (C=O) groups is 1. The van der Waals surface area contributed by atoms with E-state index in [1.165, 1.54) is 18.2 Å². The standard InChI is InChI=1S/C26H29FN2O4/c1-4-12-29-13-11-22-24(17-5-7-18(27)8-6-17)21(25(16(2)3)28-26(22)29)10-9-19(30)14-20(31)15-23(32)33/h4-11,13,16,19-20,30-31H,1,12,14-15H2,2-3H3,(H,32,33). The number of hydrogen-bond donors (Lipinski definition) is 3. The van der Waals surface area contributed by atoms with E-state index in [-0.39, 0.29) is 18.2 Å². The maximum Gasteiger partial charge on any atom is 0.305 e. The minimum atomic E-state index is -1.16. The van der Waals surface area contributed by atoms with Crippen molar-refractivity contribution in [1.82, 2.24) is 9.55 Å². The number of rotatable bonds is 10. The van der Waals surface area contributed by atoms with Crippen molar-refractivity contribution in [2.75, 3.05) is 0 Å². The van der Waals surface area contributed by atoms with Crippen LogP contribution in [-0.2, 0) is 11.3 Å². The van der Waals surface area contributed by atoms with E-state index in [4.69, 9.17) is 10.1 Å². The molecule has 0 aliphatic carbocycles. The van der Waals surface area contributed by atoms with E-state index in [1.807, 2.05) is 30.7 Å². The summed E-state index contributed by atoms with van der Waals surface area (Å²) in [5.41, 5.74) is 4.04. The zero-order valence-electron chi connectivity index (χ0n) is 18.8. The van der Waals surface area contributed by atoms with Crippen molar-refractivity contribution < 1.29 is 24.5 Å². The molecule has 2 unspecified atom stereocenters. The number of allylic oxidation sites excluding steroid dienone is 1. The second-order valence-electron chi connectivity index (χ2n) is 8.36. The molecule has 3 aromatic rings. The predicted molar refractivity (Wildman–Crippen MR) is 127 cm³/mol. The van der Waals surface area contributed by atoms with Crippen LogP contribution in [-0.4, -0.2) is 43.0 Å². The molecule has 2 heterocycles. The van der Waals surface area contributed by atoms with Crippen molar-refractivity contribution in [3.05, 3.63) is 72.3 Å². The lowest BCUT2D eigenvalue weighted by Crippen LogP contribution is -2.19. The number of halogens is 1. The fourth-order valence-corrected chi connectivity index (χ4v) is 3.90. The minimum absolute atomic E-state index is 0.0510. The number of pyridine rings is 1. The summed E-state index contributed by atoms with van der Waals surface area (Å²) in [6.07, 6.45) is 4.28. The number of benzene rings is 1. The molecule has 3 N–H and O–H groups in total. The lowest BCUT2D eigenvalue weighted by molar-refractivity contribution is -0.139. The number of aliphatic hydroxyl groups excluding tert-OH is 2. The highest BCUT2D eigenvalue weighted by molar-refractivity contribution is 5.98. The van der Waals surface area contributed by atoms with Crippen LogP contribution in [0.25, 0.3) is 28.2 Å². The van der Waals surface area contributed by atoms with E-state index in [0.29, 0.717) is 6.54 Å². The van der Waals surface area contributed by atoms with Gasteiger partial charge in [-0.1, -0.05) is 44.2 Å². The summed E-state index contributed by atoms with van der Waals surface area (Å²) in [5, 5.41) is 29.9. The average molecular weight is 453 g/mol. The van der Waals surface area contributed by atoms with Gasteiger partial charge in [0.05, 0.1) is 24.3 Å². The first-order valence-electron chi connectivity index (χ1n) is 10.9. The maximum absolute atomic E-state index is 13.7. The van der Waals surface area contributed by atoms with Gasteiger partial charge in [0.1, 0.15) is 11.5 Å². The third-order valence-corrected chi connectivity index (χ3v) is 5.39. The molecule has 0 radical (unpaired) electrons. The first-order chi connectivity index (χ1) is 15.7. The van der Waals surface area contributed by atoms with Crippen LogP contribution in [0.5, 0.6) is 0 Å². The highest BCUT2D eigenvalue weighted by Crippen LogP contribution is 2.37. The lowest BCUT2D eigenvalue weighted by Gasteiger charge is -2.18. The van der Waals surface area contributed by atoms with Crippen LogP contribution < -0.4 is 0 Å². The number of carboxylic acids is 1. The van der Waals surface area contributed by atoms with Crippen molar-refractivity contribution in [3.63, 3.8) is 0 Å². The molecule has 0 saturated carbocycles. The average Bonchev–Trinajstić information content (AvgIpc) is 3.14. The predicted octanol–water partition coefficient (Wildman–Crippen LogP) is 4.75. The summed E-state index contributed by atoms with van der Waals surface area (Å²) >= 11 is 0. The van der Waals surface area contributed by atoms with Crippen molar-refractivity contribution in [2.45, 2.75) is 51.4 Å². The summed E-state index contributed by atoms with van der Waals surface area (Å²) in [4.78, 5) is 15.7. The Morgan fingerprint density at radius 1 is 1.21 bits per heavy atom. The number of aliphatic hydroxyl groups is 2. The van der Waals surface area contributed by atoms with Crippen molar-refractivity contribution in [2.24, 2.45) is 0 Å². The van der Waals surface area contributed by atoms with E-state index in [1.54, 1.807) is 24.3 Å². The van der Waals surface area contributed by atoms with Gasteiger partial charge in [-0.25, -0.2) is 9.37 Å². The Bertz CT molecular complexity index is 1170. The molecule has 7 heteroatoms. The summed E-state index contributed by atoms with van der Waals surface area (Å²) < 4.78 is 15.6. The normalized spacial score (nSPS) is 13.6. The molecule has 0 fully saturated rings. The van der Waals surface area contributed by atoms with Gasteiger partial charge in [-0.3, -0.25) is 4.79 Å². The Morgan fingerprint density at radius 2 is 1.91 bits per heavy atom. The van der Waals surface area contributed by atoms with Gasteiger partial charge in [-0.15, -0.1) is 6.58 Å². The van der Waals surface area contributed by atoms with Gasteiger partial charge in [0, 0.05) is 35.7 Å². The molecule has 33 heavy (non-hydrogen) atoms. The quantitative estimate of drug-likeness (QED) is 0.386. The van der Waals surface area contributed by atoms with Gasteiger partial charge in [0.2, 0.25) is 0 Å². The molecule has 174 valence electrons. The molecule has 0 aliphatic rings. The topological polar surface area (TPSA) is 95.6 Å². The van der Waals surface area contributed by atoms with Gasteiger partial charge in [-0.05, 0) is 29.7 Å². The van der Waals surface area contributed by atoms with E-state index >= 15 is 0 Å². The van der Waals surface area contributed by atoms with Crippen molar-refractivity contribution >= 4 is 23.1 Å². The Labute approximate surface area is 192 Å². The molecular formula is C26H29FN2O4. The Hall–Kier alpha value is -3.29. The van der Waals surface area contributed by atoms with Crippen LogP contribution >= 0.6 is 0 Å². The van der Waals surface area contributed by atoms with Gasteiger partial charge in [-0.2, -0.15) is 0 Å². The number of fused-ring (bicyclic) bond motifs is 1. The first-order valence-corrected chi connectivity index (χ1v) is 10.9. The smallest absolute Gasteiger partial charge is 0.305 e. The third-order valence-electron chi connectivity index (χ3n) is 5.39. The second-order valence-corrected chi connectivity index (χ2v) is 8.36.